The monoisotopic (exact) mass is 296 g/mol. The molecule has 0 fully saturated rings. The van der Waals surface area contributed by atoms with Gasteiger partial charge in [0.2, 0.25) is 0 Å². The highest BCUT2D eigenvalue weighted by atomic mass is 32.2. The van der Waals surface area contributed by atoms with Crippen molar-refractivity contribution in [1.29, 1.82) is 5.26 Å². The fourth-order valence-corrected chi connectivity index (χ4v) is 2.14. The van der Waals surface area contributed by atoms with Gasteiger partial charge in [0.25, 0.3) is 5.91 Å². The summed E-state index contributed by atoms with van der Waals surface area (Å²) in [7, 11) is 0. The number of hydrogen-bond acceptors (Lipinski definition) is 6. The van der Waals surface area contributed by atoms with Gasteiger partial charge in [-0.15, -0.1) is 0 Å². The zero-order valence-electron chi connectivity index (χ0n) is 11.2. The minimum atomic E-state index is -1.13. The summed E-state index contributed by atoms with van der Waals surface area (Å²) in [6.45, 7) is 4.05. The number of rotatable bonds is 5. The van der Waals surface area contributed by atoms with Gasteiger partial charge >= 0.3 is 5.97 Å². The minimum Gasteiger partial charge on any atom is -0.480 e. The molecule has 1 unspecified atom stereocenters. The molecule has 0 aromatic heterocycles. The molecule has 0 saturated carbocycles. The van der Waals surface area contributed by atoms with Crippen molar-refractivity contribution in [3.8, 4) is 6.07 Å². The van der Waals surface area contributed by atoms with Gasteiger partial charge in [-0.2, -0.15) is 5.26 Å². The fraction of sp³-hybridized carbons (Fsp3) is 0.500. The van der Waals surface area contributed by atoms with Gasteiger partial charge in [-0.05, 0) is 5.92 Å². The van der Waals surface area contributed by atoms with Gasteiger partial charge in [0.05, 0.1) is 6.54 Å². The Labute approximate surface area is 121 Å². The van der Waals surface area contributed by atoms with E-state index in [0.29, 0.717) is 11.7 Å². The molecule has 1 amide bonds. The van der Waals surface area contributed by atoms with E-state index in [4.69, 9.17) is 10.4 Å². The Hall–Kier alpha value is -2.01. The zero-order chi connectivity index (χ0) is 15.1. The lowest BCUT2D eigenvalue weighted by molar-refractivity contribution is -0.142. The third kappa shape index (κ3) is 4.59. The van der Waals surface area contributed by atoms with Crippen LogP contribution in [-0.4, -0.2) is 40.5 Å². The molecule has 1 aliphatic rings. The second-order valence-electron chi connectivity index (χ2n) is 4.38. The lowest BCUT2D eigenvalue weighted by atomic mass is 10.0. The van der Waals surface area contributed by atoms with Crippen molar-refractivity contribution in [2.75, 3.05) is 12.3 Å². The van der Waals surface area contributed by atoms with E-state index in [1.54, 1.807) is 19.9 Å². The van der Waals surface area contributed by atoms with Crippen LogP contribution >= 0.6 is 11.8 Å². The highest BCUT2D eigenvalue weighted by Gasteiger charge is 2.24. The first-order chi connectivity index (χ1) is 9.45. The van der Waals surface area contributed by atoms with Gasteiger partial charge in [-0.1, -0.05) is 25.6 Å². The maximum absolute atomic E-state index is 11.8. The van der Waals surface area contributed by atoms with Crippen LogP contribution < -0.4 is 10.6 Å². The zero-order valence-corrected chi connectivity index (χ0v) is 12.0. The Morgan fingerprint density at radius 2 is 2.25 bits per heavy atom. The Morgan fingerprint density at radius 1 is 1.55 bits per heavy atom. The molecule has 3 N–H and O–H groups in total. The van der Waals surface area contributed by atoms with Crippen molar-refractivity contribution in [2.24, 2.45) is 10.9 Å². The summed E-state index contributed by atoms with van der Waals surface area (Å²) in [5.74, 6) is -1.27. The molecule has 1 aliphatic heterocycles. The molecule has 0 saturated heterocycles. The molecule has 0 bridgehead atoms. The molecule has 1 heterocycles. The van der Waals surface area contributed by atoms with Crippen LogP contribution in [0.2, 0.25) is 0 Å². The number of carboxylic acids is 1. The normalized spacial score (nSPS) is 16.3. The molecule has 108 valence electrons. The number of hydrogen-bond donors (Lipinski definition) is 3. The smallest absolute Gasteiger partial charge is 0.326 e. The van der Waals surface area contributed by atoms with Gasteiger partial charge in [0.1, 0.15) is 17.7 Å². The average molecular weight is 296 g/mol. The Morgan fingerprint density at radius 3 is 2.70 bits per heavy atom. The molecule has 1 atom stereocenters. The van der Waals surface area contributed by atoms with Crippen LogP contribution in [0.4, 0.5) is 0 Å². The molecule has 0 aromatic rings. The van der Waals surface area contributed by atoms with Crippen molar-refractivity contribution in [2.45, 2.75) is 19.9 Å². The van der Waals surface area contributed by atoms with Crippen LogP contribution in [0.5, 0.6) is 0 Å². The first-order valence-electron chi connectivity index (χ1n) is 6.03. The van der Waals surface area contributed by atoms with E-state index < -0.39 is 17.9 Å². The summed E-state index contributed by atoms with van der Waals surface area (Å²) in [4.78, 5) is 27.0. The van der Waals surface area contributed by atoms with E-state index in [9.17, 15) is 9.59 Å². The first kappa shape index (κ1) is 16.0. The standard InChI is InChI=1S/C12H16N4O3S/c1-7(2)9(11(18)19)16-10(17)8(5-13)6-15-12-14-3-4-20-12/h6-7,9H,3-4H2,1-2H3,(H,14,15)(H,16,17)(H,18,19)/b8-6-. The van der Waals surface area contributed by atoms with E-state index >= 15 is 0 Å². The van der Waals surface area contributed by atoms with E-state index in [0.717, 1.165) is 5.75 Å². The van der Waals surface area contributed by atoms with Gasteiger partial charge in [0, 0.05) is 12.0 Å². The van der Waals surface area contributed by atoms with E-state index in [1.807, 2.05) is 0 Å². The number of aliphatic carboxylic acids is 1. The number of nitrogens with zero attached hydrogens (tertiary/aromatic N) is 2. The summed E-state index contributed by atoms with van der Waals surface area (Å²) in [5.41, 5.74) is -0.188. The summed E-state index contributed by atoms with van der Waals surface area (Å²) >= 11 is 1.49. The van der Waals surface area contributed by atoms with Crippen molar-refractivity contribution in [1.82, 2.24) is 10.6 Å². The molecule has 0 aromatic carbocycles. The van der Waals surface area contributed by atoms with Crippen molar-refractivity contribution < 1.29 is 14.7 Å². The number of amidine groups is 1. The van der Waals surface area contributed by atoms with Gasteiger partial charge in [-0.3, -0.25) is 9.79 Å². The molecule has 20 heavy (non-hydrogen) atoms. The molecule has 0 spiro atoms. The Kier molecular flexibility index (Phi) is 6.06. The predicted octanol–water partition coefficient (Wildman–Crippen LogP) is 0.312. The first-order valence-corrected chi connectivity index (χ1v) is 7.02. The predicted molar refractivity (Wildman–Crippen MR) is 76.0 cm³/mol. The fourth-order valence-electron chi connectivity index (χ4n) is 1.44. The number of thioether (sulfide) groups is 1. The molecule has 8 heteroatoms. The van der Waals surface area contributed by atoms with Crippen molar-refractivity contribution in [3.05, 3.63) is 11.8 Å². The lowest BCUT2D eigenvalue weighted by Crippen LogP contribution is -2.44. The third-order valence-electron chi connectivity index (χ3n) is 2.51. The third-order valence-corrected chi connectivity index (χ3v) is 3.42. The molecular formula is C12H16N4O3S. The van der Waals surface area contributed by atoms with Crippen LogP contribution in [0.3, 0.4) is 0 Å². The molecule has 0 aliphatic carbocycles. The topological polar surface area (TPSA) is 115 Å². The lowest BCUT2D eigenvalue weighted by Gasteiger charge is -2.17. The molecule has 7 nitrogen and oxygen atoms in total. The summed E-state index contributed by atoms with van der Waals surface area (Å²) in [6.07, 6.45) is 1.24. The van der Waals surface area contributed by atoms with Crippen molar-refractivity contribution in [3.63, 3.8) is 0 Å². The van der Waals surface area contributed by atoms with Crippen LogP contribution in [0, 0.1) is 17.2 Å². The Bertz CT molecular complexity index is 493. The number of aliphatic imine (C=N–C) groups is 1. The van der Waals surface area contributed by atoms with Crippen molar-refractivity contribution >= 4 is 28.8 Å². The number of carboxylic acid groups (broad SMARTS) is 1. The quantitative estimate of drug-likeness (QED) is 0.497. The van der Waals surface area contributed by atoms with Crippen LogP contribution in [0.1, 0.15) is 13.8 Å². The van der Waals surface area contributed by atoms with Gasteiger partial charge in [0.15, 0.2) is 5.17 Å². The maximum Gasteiger partial charge on any atom is 0.326 e. The second-order valence-corrected chi connectivity index (χ2v) is 5.47. The molecule has 1 rings (SSSR count). The summed E-state index contributed by atoms with van der Waals surface area (Å²) < 4.78 is 0. The van der Waals surface area contributed by atoms with E-state index in [-0.39, 0.29) is 11.5 Å². The van der Waals surface area contributed by atoms with Crippen LogP contribution in [0.15, 0.2) is 16.8 Å². The summed E-state index contributed by atoms with van der Waals surface area (Å²) in [5, 5.41) is 23.7. The number of carbonyl (C=O) groups is 2. The van der Waals surface area contributed by atoms with E-state index in [2.05, 4.69) is 15.6 Å². The maximum atomic E-state index is 11.8. The second kappa shape index (κ2) is 7.55. The van der Waals surface area contributed by atoms with E-state index in [1.165, 1.54) is 18.0 Å². The SMILES string of the molecule is CC(C)C(NC(=O)/C(C#N)=C\NC1=NCCS1)C(=O)O. The molecular weight excluding hydrogens is 280 g/mol. The Balaban J connectivity index is 2.69. The highest BCUT2D eigenvalue weighted by Crippen LogP contribution is 2.09. The largest absolute Gasteiger partial charge is 0.480 e. The summed E-state index contributed by atoms with van der Waals surface area (Å²) in [6, 6.07) is 0.708. The number of nitriles is 1. The van der Waals surface area contributed by atoms with Crippen LogP contribution in [0.25, 0.3) is 0 Å². The number of amides is 1. The number of nitrogens with one attached hydrogen (secondary N) is 2. The van der Waals surface area contributed by atoms with Crippen LogP contribution in [-0.2, 0) is 9.59 Å². The molecule has 0 radical (unpaired) electrons. The highest BCUT2D eigenvalue weighted by molar-refractivity contribution is 8.14. The van der Waals surface area contributed by atoms with Gasteiger partial charge in [-0.25, -0.2) is 4.79 Å². The van der Waals surface area contributed by atoms with Gasteiger partial charge < -0.3 is 15.7 Å². The number of carbonyl (C=O) groups excluding carboxylic acids is 1. The minimum absolute atomic E-state index is 0.188. The average Bonchev–Trinajstić information content (AvgIpc) is 2.89.